The zero-order chi connectivity index (χ0) is 15.5. The number of hydrogen-bond acceptors (Lipinski definition) is 1. The van der Waals surface area contributed by atoms with Crippen molar-refractivity contribution in [3.05, 3.63) is 72.3 Å². The van der Waals surface area contributed by atoms with Gasteiger partial charge in [0.15, 0.2) is 0 Å². The van der Waals surface area contributed by atoms with Crippen LogP contribution in [0.1, 0.15) is 5.56 Å². The first-order valence-electron chi connectivity index (χ1n) is 7.33. The summed E-state index contributed by atoms with van der Waals surface area (Å²) >= 11 is -3.43. The Morgan fingerprint density at radius 1 is 0.818 bits per heavy atom. The van der Waals surface area contributed by atoms with Gasteiger partial charge in [0.2, 0.25) is 0 Å². The molecule has 0 N–H and O–H groups in total. The summed E-state index contributed by atoms with van der Waals surface area (Å²) in [6, 6.07) is 22.1. The van der Waals surface area contributed by atoms with E-state index in [1.54, 1.807) is 0 Å². The summed E-state index contributed by atoms with van der Waals surface area (Å²) in [6.45, 7) is 0.788. The van der Waals surface area contributed by atoms with Gasteiger partial charge in [-0.05, 0) is 0 Å². The molecule has 3 heteroatoms. The van der Waals surface area contributed by atoms with Crippen LogP contribution in [0.4, 0.5) is 2.63 Å². The number of hydrogen-bond donors (Lipinski definition) is 0. The van der Waals surface area contributed by atoms with Crippen molar-refractivity contribution in [2.45, 2.75) is 6.54 Å². The first-order chi connectivity index (χ1) is 10.7. The predicted octanol–water partition coefficient (Wildman–Crippen LogP) is 2.98. The van der Waals surface area contributed by atoms with Crippen LogP contribution in [0.3, 0.4) is 0 Å². The zero-order valence-corrected chi connectivity index (χ0v) is 16.3. The third-order valence-corrected chi connectivity index (χ3v) is 10.2. The van der Waals surface area contributed by atoms with Gasteiger partial charge in [0.1, 0.15) is 0 Å². The van der Waals surface area contributed by atoms with E-state index in [0.717, 1.165) is 29.4 Å². The minimum absolute atomic E-state index is 0.788. The second-order valence-corrected chi connectivity index (χ2v) is 11.6. The molecule has 0 aliphatic heterocycles. The number of halogens is 1. The molecule has 0 fully saturated rings. The number of benzene rings is 3. The zero-order valence-electron chi connectivity index (χ0n) is 12.8. The summed E-state index contributed by atoms with van der Waals surface area (Å²) < 4.78 is 17.4. The topological polar surface area (TPSA) is 3.24 Å². The van der Waals surface area contributed by atoms with Gasteiger partial charge in [-0.1, -0.05) is 0 Å². The average Bonchev–Trinajstić information content (AvgIpc) is 2.54. The predicted molar refractivity (Wildman–Crippen MR) is 93.9 cm³/mol. The van der Waals surface area contributed by atoms with Gasteiger partial charge in [-0.25, -0.2) is 0 Å². The van der Waals surface area contributed by atoms with E-state index in [1.165, 1.54) is 0 Å². The fourth-order valence-electron chi connectivity index (χ4n) is 2.69. The maximum atomic E-state index is 15.5. The van der Waals surface area contributed by atoms with E-state index in [9.17, 15) is 0 Å². The SMILES string of the molecule is CN(C)Cc1cccc[c]1[Bi]([F])[c]1cccc2ccccc12. The molecule has 0 spiro atoms. The van der Waals surface area contributed by atoms with Gasteiger partial charge >= 0.3 is 140 Å². The van der Waals surface area contributed by atoms with E-state index in [2.05, 4.69) is 23.1 Å². The van der Waals surface area contributed by atoms with Gasteiger partial charge in [-0.2, -0.15) is 0 Å². The van der Waals surface area contributed by atoms with Crippen molar-refractivity contribution < 1.29 is 2.63 Å². The maximum absolute atomic E-state index is 15.5. The molecule has 3 aromatic rings. The molecule has 1 nitrogen and oxygen atoms in total. The van der Waals surface area contributed by atoms with Crippen LogP contribution in [0.25, 0.3) is 10.8 Å². The Kier molecular flexibility index (Phi) is 4.85. The number of rotatable bonds is 4. The van der Waals surface area contributed by atoms with E-state index < -0.39 is 22.4 Å². The molecule has 22 heavy (non-hydrogen) atoms. The molecule has 0 saturated heterocycles. The molecular weight excluding hydrogens is 470 g/mol. The first-order valence-corrected chi connectivity index (χ1v) is 12.1. The van der Waals surface area contributed by atoms with Gasteiger partial charge in [-0.15, -0.1) is 0 Å². The second-order valence-electron chi connectivity index (χ2n) is 5.65. The molecular formula is C19H19BiFN. The van der Waals surface area contributed by atoms with Crippen LogP contribution in [0.5, 0.6) is 0 Å². The van der Waals surface area contributed by atoms with Gasteiger partial charge in [0, 0.05) is 0 Å². The molecule has 3 aromatic carbocycles. The average molecular weight is 489 g/mol. The Hall–Kier alpha value is -1.31. The van der Waals surface area contributed by atoms with Crippen molar-refractivity contribution in [2.24, 2.45) is 0 Å². The molecule has 0 radical (unpaired) electrons. The van der Waals surface area contributed by atoms with Crippen molar-refractivity contribution in [2.75, 3.05) is 14.1 Å². The van der Waals surface area contributed by atoms with Crippen LogP contribution in [-0.4, -0.2) is 41.4 Å². The normalized spacial score (nSPS) is 11.5. The molecule has 0 aliphatic rings. The quantitative estimate of drug-likeness (QED) is 0.510. The summed E-state index contributed by atoms with van der Waals surface area (Å²) in [7, 11) is 4.05. The van der Waals surface area contributed by atoms with Crippen molar-refractivity contribution in [1.82, 2.24) is 4.90 Å². The van der Waals surface area contributed by atoms with Crippen LogP contribution in [0, 0.1) is 0 Å². The minimum atomic E-state index is -3.43. The van der Waals surface area contributed by atoms with E-state index in [1.807, 2.05) is 62.6 Å². The molecule has 0 bridgehead atoms. The summed E-state index contributed by atoms with van der Waals surface area (Å²) in [4.78, 5) is 2.10. The molecule has 0 saturated carbocycles. The molecule has 0 heterocycles. The van der Waals surface area contributed by atoms with Crippen molar-refractivity contribution in [1.29, 1.82) is 0 Å². The molecule has 0 aliphatic carbocycles. The van der Waals surface area contributed by atoms with E-state index in [-0.39, 0.29) is 0 Å². The third kappa shape index (κ3) is 3.21. The fraction of sp³-hybridized carbons (Fsp3) is 0.158. The van der Waals surface area contributed by atoms with Gasteiger partial charge in [0.05, 0.1) is 0 Å². The fourth-order valence-corrected chi connectivity index (χ4v) is 8.54. The molecule has 0 unspecified atom stereocenters. The summed E-state index contributed by atoms with van der Waals surface area (Å²) in [5.41, 5.74) is 1.13. The van der Waals surface area contributed by atoms with Crippen LogP contribution < -0.4 is 6.54 Å². The molecule has 3 rings (SSSR count). The summed E-state index contributed by atoms with van der Waals surface area (Å²) in [5, 5.41) is 2.20. The van der Waals surface area contributed by atoms with E-state index in [0.29, 0.717) is 0 Å². The van der Waals surface area contributed by atoms with Crippen LogP contribution in [0.2, 0.25) is 0 Å². The Morgan fingerprint density at radius 3 is 2.27 bits per heavy atom. The van der Waals surface area contributed by atoms with Crippen molar-refractivity contribution in [3.8, 4) is 0 Å². The van der Waals surface area contributed by atoms with Crippen LogP contribution >= 0.6 is 0 Å². The third-order valence-electron chi connectivity index (χ3n) is 3.67. The number of fused-ring (bicyclic) bond motifs is 1. The monoisotopic (exact) mass is 489 g/mol. The molecule has 0 amide bonds. The molecule has 0 aromatic heterocycles. The van der Waals surface area contributed by atoms with E-state index >= 15 is 2.63 Å². The Labute approximate surface area is 139 Å². The Morgan fingerprint density at radius 2 is 1.45 bits per heavy atom. The Bertz CT molecular complexity index is 780. The molecule has 112 valence electrons. The summed E-state index contributed by atoms with van der Waals surface area (Å²) in [6.07, 6.45) is 0. The van der Waals surface area contributed by atoms with Crippen molar-refractivity contribution >= 4 is 39.7 Å². The van der Waals surface area contributed by atoms with Gasteiger partial charge in [0.25, 0.3) is 0 Å². The number of nitrogens with zero attached hydrogens (tertiary/aromatic N) is 1. The van der Waals surface area contributed by atoms with Crippen LogP contribution in [-0.2, 0) is 6.54 Å². The Balaban J connectivity index is 2.08. The van der Waals surface area contributed by atoms with E-state index in [4.69, 9.17) is 0 Å². The molecule has 0 atom stereocenters. The van der Waals surface area contributed by atoms with Gasteiger partial charge in [-0.3, -0.25) is 0 Å². The van der Waals surface area contributed by atoms with Gasteiger partial charge < -0.3 is 0 Å². The van der Waals surface area contributed by atoms with Crippen LogP contribution in [0.15, 0.2) is 66.7 Å². The second kappa shape index (κ2) is 6.85. The first kappa shape index (κ1) is 15.6. The standard InChI is InChI=1S/C10H7.C9H12N.Bi.FH/c1-2-6-10-8-4-3-7-9(10)5-1;1-10(2)8-9-6-4-3-5-7-9;;/h1-7H;3-6H,8H2,1-2H3;;1H/q;;+1;/p-1. The summed E-state index contributed by atoms with van der Waals surface area (Å²) in [5.74, 6) is 0. The van der Waals surface area contributed by atoms with Crippen molar-refractivity contribution in [3.63, 3.8) is 0 Å².